The molecule has 2 aromatic rings. The van der Waals surface area contributed by atoms with Crippen LogP contribution < -0.4 is 0 Å². The van der Waals surface area contributed by atoms with Crippen LogP contribution >= 0.6 is 12.2 Å². The lowest BCUT2D eigenvalue weighted by atomic mass is 10.0. The molecule has 2 aromatic carbocycles. The third-order valence-electron chi connectivity index (χ3n) is 4.93. The SMILES string of the molecule is Cc1ccc(CCCC(=S)N2CCCc3cc(C)ccc3C2)cc1. The van der Waals surface area contributed by atoms with E-state index in [1.165, 1.54) is 40.7 Å². The Kier molecular flexibility index (Phi) is 5.68. The molecule has 2 heteroatoms. The van der Waals surface area contributed by atoms with E-state index in [2.05, 4.69) is 61.2 Å². The van der Waals surface area contributed by atoms with Crippen LogP contribution in [-0.2, 0) is 19.4 Å². The molecule has 0 amide bonds. The van der Waals surface area contributed by atoms with Crippen LogP contribution in [0.5, 0.6) is 0 Å². The Balaban J connectivity index is 1.55. The van der Waals surface area contributed by atoms with Crippen LogP contribution in [0.1, 0.15) is 47.1 Å². The van der Waals surface area contributed by atoms with Gasteiger partial charge in [-0.3, -0.25) is 0 Å². The molecule has 0 unspecified atom stereocenters. The molecule has 0 saturated heterocycles. The van der Waals surface area contributed by atoms with Gasteiger partial charge in [-0.05, 0) is 62.6 Å². The summed E-state index contributed by atoms with van der Waals surface area (Å²) in [5.74, 6) is 0. The lowest BCUT2D eigenvalue weighted by Gasteiger charge is -2.24. The number of nitrogens with zero attached hydrogens (tertiary/aromatic N) is 1. The van der Waals surface area contributed by atoms with E-state index in [0.29, 0.717) is 0 Å². The quantitative estimate of drug-likeness (QED) is 0.687. The average molecular weight is 338 g/mol. The van der Waals surface area contributed by atoms with Crippen molar-refractivity contribution in [3.05, 3.63) is 70.3 Å². The van der Waals surface area contributed by atoms with Gasteiger partial charge in [-0.2, -0.15) is 0 Å². The van der Waals surface area contributed by atoms with Crippen LogP contribution in [0, 0.1) is 13.8 Å². The molecule has 0 aromatic heterocycles. The summed E-state index contributed by atoms with van der Waals surface area (Å²) >= 11 is 5.75. The molecule has 0 radical (unpaired) electrons. The molecule has 0 fully saturated rings. The summed E-state index contributed by atoms with van der Waals surface area (Å²) in [4.78, 5) is 3.56. The van der Waals surface area contributed by atoms with Gasteiger partial charge in [-0.15, -0.1) is 0 Å². The zero-order valence-corrected chi connectivity index (χ0v) is 15.7. The first kappa shape index (κ1) is 17.2. The minimum absolute atomic E-state index is 0.985. The highest BCUT2D eigenvalue weighted by Gasteiger charge is 2.16. The van der Waals surface area contributed by atoms with Gasteiger partial charge in [0.2, 0.25) is 0 Å². The van der Waals surface area contributed by atoms with Crippen LogP contribution in [-0.4, -0.2) is 16.4 Å². The van der Waals surface area contributed by atoms with Crippen molar-refractivity contribution in [3.8, 4) is 0 Å². The summed E-state index contributed by atoms with van der Waals surface area (Å²) in [5.41, 5.74) is 7.08. The van der Waals surface area contributed by atoms with E-state index < -0.39 is 0 Å². The van der Waals surface area contributed by atoms with Crippen molar-refractivity contribution in [3.63, 3.8) is 0 Å². The van der Waals surface area contributed by atoms with E-state index in [0.717, 1.165) is 37.3 Å². The normalized spacial score (nSPS) is 14.2. The molecule has 1 aliphatic rings. The summed E-state index contributed by atoms with van der Waals surface area (Å²) in [6.07, 6.45) is 5.65. The van der Waals surface area contributed by atoms with Crippen LogP contribution in [0.25, 0.3) is 0 Å². The maximum absolute atomic E-state index is 5.75. The van der Waals surface area contributed by atoms with Gasteiger partial charge in [-0.1, -0.05) is 65.8 Å². The Bertz CT molecular complexity index is 702. The number of thiocarbonyl (C=S) groups is 1. The number of fused-ring (bicyclic) bond motifs is 1. The predicted molar refractivity (Wildman–Crippen MR) is 107 cm³/mol. The van der Waals surface area contributed by atoms with Crippen LogP contribution in [0.3, 0.4) is 0 Å². The minimum Gasteiger partial charge on any atom is -0.362 e. The molecule has 24 heavy (non-hydrogen) atoms. The van der Waals surface area contributed by atoms with E-state index in [9.17, 15) is 0 Å². The first-order valence-corrected chi connectivity index (χ1v) is 9.44. The fraction of sp³-hybridized carbons (Fsp3) is 0.409. The summed E-state index contributed by atoms with van der Waals surface area (Å²) in [7, 11) is 0. The van der Waals surface area contributed by atoms with Gasteiger partial charge in [0.15, 0.2) is 0 Å². The third kappa shape index (κ3) is 4.45. The van der Waals surface area contributed by atoms with Gasteiger partial charge < -0.3 is 4.90 Å². The van der Waals surface area contributed by atoms with Crippen molar-refractivity contribution >= 4 is 17.2 Å². The van der Waals surface area contributed by atoms with Crippen molar-refractivity contribution in [2.45, 2.75) is 52.5 Å². The molecule has 0 spiro atoms. The van der Waals surface area contributed by atoms with Crippen molar-refractivity contribution in [2.24, 2.45) is 0 Å². The fourth-order valence-corrected chi connectivity index (χ4v) is 3.76. The van der Waals surface area contributed by atoms with Crippen molar-refractivity contribution in [1.82, 2.24) is 4.90 Å². The van der Waals surface area contributed by atoms with Gasteiger partial charge in [0, 0.05) is 13.1 Å². The molecule has 0 atom stereocenters. The van der Waals surface area contributed by atoms with Gasteiger partial charge >= 0.3 is 0 Å². The second kappa shape index (κ2) is 7.94. The zero-order chi connectivity index (χ0) is 16.9. The monoisotopic (exact) mass is 337 g/mol. The molecule has 0 bridgehead atoms. The maximum Gasteiger partial charge on any atom is 0.0782 e. The summed E-state index contributed by atoms with van der Waals surface area (Å²) < 4.78 is 0. The van der Waals surface area contributed by atoms with Gasteiger partial charge in [0.25, 0.3) is 0 Å². The molecule has 0 aliphatic carbocycles. The van der Waals surface area contributed by atoms with E-state index in [4.69, 9.17) is 12.2 Å². The highest BCUT2D eigenvalue weighted by molar-refractivity contribution is 7.80. The molecule has 126 valence electrons. The van der Waals surface area contributed by atoms with Crippen molar-refractivity contribution in [2.75, 3.05) is 6.54 Å². The average Bonchev–Trinajstić information content (AvgIpc) is 2.78. The molecule has 0 saturated carbocycles. The van der Waals surface area contributed by atoms with Gasteiger partial charge in [0.1, 0.15) is 0 Å². The van der Waals surface area contributed by atoms with Crippen molar-refractivity contribution in [1.29, 1.82) is 0 Å². The van der Waals surface area contributed by atoms with Crippen LogP contribution in [0.4, 0.5) is 0 Å². The number of hydrogen-bond donors (Lipinski definition) is 0. The first-order valence-electron chi connectivity index (χ1n) is 9.03. The zero-order valence-electron chi connectivity index (χ0n) is 14.8. The largest absolute Gasteiger partial charge is 0.362 e. The molecule has 1 heterocycles. The number of rotatable bonds is 4. The lowest BCUT2D eigenvalue weighted by molar-refractivity contribution is 0.415. The number of benzene rings is 2. The Hall–Kier alpha value is -1.67. The molecule has 1 aliphatic heterocycles. The van der Waals surface area contributed by atoms with Crippen molar-refractivity contribution < 1.29 is 0 Å². The Morgan fingerprint density at radius 3 is 2.54 bits per heavy atom. The second-order valence-corrected chi connectivity index (χ2v) is 7.50. The van der Waals surface area contributed by atoms with Crippen LogP contribution in [0.2, 0.25) is 0 Å². The van der Waals surface area contributed by atoms with E-state index in [1.54, 1.807) is 0 Å². The molecule has 3 rings (SSSR count). The van der Waals surface area contributed by atoms with E-state index in [1.807, 2.05) is 0 Å². The number of aryl methyl sites for hydroxylation is 4. The van der Waals surface area contributed by atoms with Gasteiger partial charge in [-0.25, -0.2) is 0 Å². The Morgan fingerprint density at radius 2 is 1.75 bits per heavy atom. The summed E-state index contributed by atoms with van der Waals surface area (Å²) in [6.45, 7) is 6.40. The fourth-order valence-electron chi connectivity index (χ4n) is 3.46. The smallest absolute Gasteiger partial charge is 0.0782 e. The third-order valence-corrected chi connectivity index (χ3v) is 5.39. The number of hydrogen-bond acceptors (Lipinski definition) is 1. The highest BCUT2D eigenvalue weighted by atomic mass is 32.1. The lowest BCUT2D eigenvalue weighted by Crippen LogP contribution is -2.29. The van der Waals surface area contributed by atoms with E-state index >= 15 is 0 Å². The second-order valence-electron chi connectivity index (χ2n) is 7.03. The van der Waals surface area contributed by atoms with Crippen LogP contribution in [0.15, 0.2) is 42.5 Å². The topological polar surface area (TPSA) is 3.24 Å². The molecular formula is C22H27NS. The standard InChI is InChI=1S/C22H27NS/c1-17-8-11-19(12-9-17)5-3-7-22(24)23-14-4-6-20-15-18(2)10-13-21(20)16-23/h8-13,15H,3-7,14,16H2,1-2H3. The molecule has 0 N–H and O–H groups in total. The van der Waals surface area contributed by atoms with Gasteiger partial charge in [0.05, 0.1) is 4.99 Å². The molecule has 1 nitrogen and oxygen atoms in total. The molecular weight excluding hydrogens is 310 g/mol. The minimum atomic E-state index is 0.985. The highest BCUT2D eigenvalue weighted by Crippen LogP contribution is 2.21. The Morgan fingerprint density at radius 1 is 1.00 bits per heavy atom. The summed E-state index contributed by atoms with van der Waals surface area (Å²) in [6, 6.07) is 15.7. The first-order chi connectivity index (χ1) is 11.6. The predicted octanol–water partition coefficient (Wildman–Crippen LogP) is 5.40. The Labute approximate surface area is 151 Å². The van der Waals surface area contributed by atoms with E-state index in [-0.39, 0.29) is 0 Å². The maximum atomic E-state index is 5.75. The summed E-state index contributed by atoms with van der Waals surface area (Å²) in [5, 5.41) is 0.